The fraction of sp³-hybridized carbons (Fsp3) is 0.714. The molecular formula is C14H22N4O3S. The Balaban J connectivity index is 1.72. The summed E-state index contributed by atoms with van der Waals surface area (Å²) in [5, 5.41) is 0. The van der Waals surface area contributed by atoms with Crippen molar-refractivity contribution in [2.24, 2.45) is 5.41 Å². The van der Waals surface area contributed by atoms with Crippen LogP contribution in [0.3, 0.4) is 0 Å². The SMILES string of the molecule is COCc1ccnc(N2CCC3(CCN(S(C)(=O)=O)C3)C2)n1. The van der Waals surface area contributed by atoms with Crippen LogP contribution in [-0.4, -0.2) is 62.2 Å². The van der Waals surface area contributed by atoms with Crippen molar-refractivity contribution in [2.75, 3.05) is 44.4 Å². The molecule has 0 amide bonds. The van der Waals surface area contributed by atoms with E-state index >= 15 is 0 Å². The fourth-order valence-electron chi connectivity index (χ4n) is 3.38. The predicted molar refractivity (Wildman–Crippen MR) is 83.0 cm³/mol. The van der Waals surface area contributed by atoms with Gasteiger partial charge in [0.2, 0.25) is 16.0 Å². The summed E-state index contributed by atoms with van der Waals surface area (Å²) in [7, 11) is -1.45. The molecule has 0 aliphatic carbocycles. The van der Waals surface area contributed by atoms with Gasteiger partial charge >= 0.3 is 0 Å². The number of anilines is 1. The van der Waals surface area contributed by atoms with Gasteiger partial charge < -0.3 is 9.64 Å². The Morgan fingerprint density at radius 3 is 2.77 bits per heavy atom. The summed E-state index contributed by atoms with van der Waals surface area (Å²) >= 11 is 0. The smallest absolute Gasteiger partial charge is 0.225 e. The summed E-state index contributed by atoms with van der Waals surface area (Å²) in [6.45, 7) is 3.39. The van der Waals surface area contributed by atoms with Crippen molar-refractivity contribution in [3.8, 4) is 0 Å². The van der Waals surface area contributed by atoms with Crippen LogP contribution in [0.4, 0.5) is 5.95 Å². The average molecular weight is 326 g/mol. The molecular weight excluding hydrogens is 304 g/mol. The molecule has 0 radical (unpaired) electrons. The van der Waals surface area contributed by atoms with Gasteiger partial charge in [-0.1, -0.05) is 0 Å². The second kappa shape index (κ2) is 5.75. The van der Waals surface area contributed by atoms with Gasteiger partial charge in [-0.2, -0.15) is 0 Å². The van der Waals surface area contributed by atoms with Crippen LogP contribution < -0.4 is 4.90 Å². The standard InChI is InChI=1S/C14H22N4O3S/c1-21-9-12-3-6-15-13(16-12)17-7-4-14(10-17)5-8-18(11-14)22(2,19)20/h3,6H,4-5,7-11H2,1-2H3. The molecule has 0 saturated carbocycles. The van der Waals surface area contributed by atoms with Crippen molar-refractivity contribution in [2.45, 2.75) is 19.4 Å². The number of ether oxygens (including phenoxy) is 1. The monoisotopic (exact) mass is 326 g/mol. The number of rotatable bonds is 4. The highest BCUT2D eigenvalue weighted by atomic mass is 32.2. The first-order valence-electron chi connectivity index (χ1n) is 7.43. The number of hydrogen-bond donors (Lipinski definition) is 0. The molecule has 0 aromatic carbocycles. The molecule has 1 aromatic heterocycles. The Hall–Kier alpha value is -1.25. The summed E-state index contributed by atoms with van der Waals surface area (Å²) < 4.78 is 30.1. The number of hydrogen-bond acceptors (Lipinski definition) is 6. The third-order valence-electron chi connectivity index (χ3n) is 4.59. The minimum absolute atomic E-state index is 0.0453. The highest BCUT2D eigenvalue weighted by molar-refractivity contribution is 7.88. The maximum absolute atomic E-state index is 11.7. The van der Waals surface area contributed by atoms with Crippen molar-refractivity contribution in [3.05, 3.63) is 18.0 Å². The van der Waals surface area contributed by atoms with Gasteiger partial charge in [0.25, 0.3) is 0 Å². The van der Waals surface area contributed by atoms with Gasteiger partial charge in [-0.25, -0.2) is 22.7 Å². The Bertz CT molecular complexity index is 651. The molecule has 1 spiro atoms. The summed E-state index contributed by atoms with van der Waals surface area (Å²) in [6.07, 6.45) is 4.93. The zero-order chi connectivity index (χ0) is 15.8. The van der Waals surface area contributed by atoms with E-state index in [1.54, 1.807) is 17.6 Å². The van der Waals surface area contributed by atoms with Crippen LogP contribution >= 0.6 is 0 Å². The molecule has 1 aromatic rings. The zero-order valence-electron chi connectivity index (χ0n) is 13.0. The normalized spacial score (nSPS) is 26.2. The first kappa shape index (κ1) is 15.6. The van der Waals surface area contributed by atoms with E-state index in [0.29, 0.717) is 25.6 Å². The van der Waals surface area contributed by atoms with Crippen LogP contribution in [0.15, 0.2) is 12.3 Å². The van der Waals surface area contributed by atoms with E-state index in [-0.39, 0.29) is 5.41 Å². The van der Waals surface area contributed by atoms with Gasteiger partial charge in [0.15, 0.2) is 0 Å². The number of nitrogens with zero attached hydrogens (tertiary/aromatic N) is 4. The van der Waals surface area contributed by atoms with Crippen LogP contribution in [0, 0.1) is 5.41 Å². The van der Waals surface area contributed by atoms with Gasteiger partial charge in [-0.3, -0.25) is 0 Å². The number of sulfonamides is 1. The van der Waals surface area contributed by atoms with E-state index in [1.165, 1.54) is 6.26 Å². The van der Waals surface area contributed by atoms with E-state index in [9.17, 15) is 8.42 Å². The van der Waals surface area contributed by atoms with Crippen molar-refractivity contribution in [1.82, 2.24) is 14.3 Å². The highest BCUT2D eigenvalue weighted by Gasteiger charge is 2.46. The maximum Gasteiger partial charge on any atom is 0.225 e. The van der Waals surface area contributed by atoms with Gasteiger partial charge in [0.1, 0.15) is 0 Å². The quantitative estimate of drug-likeness (QED) is 0.801. The average Bonchev–Trinajstić information content (AvgIpc) is 3.07. The third-order valence-corrected chi connectivity index (χ3v) is 5.84. The second-order valence-corrected chi connectivity index (χ2v) is 8.28. The molecule has 8 heteroatoms. The maximum atomic E-state index is 11.7. The summed E-state index contributed by atoms with van der Waals surface area (Å²) in [5.74, 6) is 0.712. The molecule has 0 bridgehead atoms. The Kier molecular flexibility index (Phi) is 4.09. The van der Waals surface area contributed by atoms with Crippen LogP contribution in [0.25, 0.3) is 0 Å². The van der Waals surface area contributed by atoms with E-state index in [0.717, 1.165) is 31.6 Å². The Labute approximate surface area is 131 Å². The van der Waals surface area contributed by atoms with Gasteiger partial charge in [-0.15, -0.1) is 0 Å². The van der Waals surface area contributed by atoms with E-state index in [1.807, 2.05) is 6.07 Å². The first-order chi connectivity index (χ1) is 10.4. The van der Waals surface area contributed by atoms with Crippen molar-refractivity contribution < 1.29 is 13.2 Å². The Morgan fingerprint density at radius 1 is 1.32 bits per heavy atom. The lowest BCUT2D eigenvalue weighted by atomic mass is 9.87. The minimum atomic E-state index is -3.10. The van der Waals surface area contributed by atoms with Crippen molar-refractivity contribution in [3.63, 3.8) is 0 Å². The molecule has 22 heavy (non-hydrogen) atoms. The molecule has 2 aliphatic heterocycles. The molecule has 2 fully saturated rings. The molecule has 7 nitrogen and oxygen atoms in total. The van der Waals surface area contributed by atoms with E-state index in [2.05, 4.69) is 14.9 Å². The molecule has 1 atom stereocenters. The second-order valence-electron chi connectivity index (χ2n) is 6.30. The molecule has 2 aliphatic rings. The summed E-state index contributed by atoms with van der Waals surface area (Å²) in [4.78, 5) is 11.0. The predicted octanol–water partition coefficient (Wildman–Crippen LogP) is 0.485. The molecule has 0 N–H and O–H groups in total. The Morgan fingerprint density at radius 2 is 2.09 bits per heavy atom. The summed E-state index contributed by atoms with van der Waals surface area (Å²) in [6, 6.07) is 1.85. The van der Waals surface area contributed by atoms with Crippen molar-refractivity contribution in [1.29, 1.82) is 0 Å². The lowest BCUT2D eigenvalue weighted by Crippen LogP contribution is -2.33. The van der Waals surface area contributed by atoms with Gasteiger partial charge in [-0.05, 0) is 18.9 Å². The van der Waals surface area contributed by atoms with Crippen molar-refractivity contribution >= 4 is 16.0 Å². The van der Waals surface area contributed by atoms with Gasteiger partial charge in [0.05, 0.1) is 18.6 Å². The lowest BCUT2D eigenvalue weighted by Gasteiger charge is -2.24. The molecule has 122 valence electrons. The lowest BCUT2D eigenvalue weighted by molar-refractivity contribution is 0.181. The van der Waals surface area contributed by atoms with E-state index < -0.39 is 10.0 Å². The first-order valence-corrected chi connectivity index (χ1v) is 9.28. The minimum Gasteiger partial charge on any atom is -0.378 e. The number of methoxy groups -OCH3 is 1. The van der Waals surface area contributed by atoms with Crippen LogP contribution in [0.2, 0.25) is 0 Å². The molecule has 3 rings (SSSR count). The van der Waals surface area contributed by atoms with Crippen LogP contribution in [-0.2, 0) is 21.4 Å². The topological polar surface area (TPSA) is 75.6 Å². The third kappa shape index (κ3) is 3.09. The largest absolute Gasteiger partial charge is 0.378 e. The van der Waals surface area contributed by atoms with Gasteiger partial charge in [0, 0.05) is 44.9 Å². The molecule has 2 saturated heterocycles. The summed E-state index contributed by atoms with van der Waals surface area (Å²) in [5.41, 5.74) is 0.904. The highest BCUT2D eigenvalue weighted by Crippen LogP contribution is 2.41. The van der Waals surface area contributed by atoms with E-state index in [4.69, 9.17) is 4.74 Å². The molecule has 1 unspecified atom stereocenters. The molecule has 3 heterocycles. The zero-order valence-corrected chi connectivity index (χ0v) is 13.8. The van der Waals surface area contributed by atoms with Crippen LogP contribution in [0.5, 0.6) is 0 Å². The fourth-order valence-corrected chi connectivity index (χ4v) is 4.31. The van der Waals surface area contributed by atoms with Crippen LogP contribution in [0.1, 0.15) is 18.5 Å². The number of aromatic nitrogens is 2.